The van der Waals surface area contributed by atoms with Gasteiger partial charge < -0.3 is 48.6 Å². The van der Waals surface area contributed by atoms with E-state index < -0.39 is 52.1 Å². The molecule has 0 amide bonds. The van der Waals surface area contributed by atoms with Gasteiger partial charge in [-0.25, -0.2) is 19.6 Å². The number of methoxy groups -OCH3 is 1. The number of fused-ring (bicyclic) bond motifs is 2. The highest BCUT2D eigenvalue weighted by Gasteiger charge is 2.40. The van der Waals surface area contributed by atoms with Gasteiger partial charge in [0.05, 0.1) is 57.9 Å². The first-order chi connectivity index (χ1) is 36.7. The minimum Gasteiger partial charge on any atom is -0.478 e. The Labute approximate surface area is 457 Å². The van der Waals surface area contributed by atoms with Gasteiger partial charge in [0.15, 0.2) is 51.2 Å². The Morgan fingerprint density at radius 1 is 0.633 bits per heavy atom. The molecule has 0 bridgehead atoms. The molecule has 8 rings (SSSR count). The van der Waals surface area contributed by atoms with E-state index in [1.807, 2.05) is 9.80 Å². The number of hydrogen-bond acceptors (Lipinski definition) is 15. The van der Waals surface area contributed by atoms with Gasteiger partial charge in [-0.05, 0) is 85.5 Å². The molecule has 3 N–H and O–H groups in total. The Morgan fingerprint density at radius 2 is 1.00 bits per heavy atom. The van der Waals surface area contributed by atoms with Crippen molar-refractivity contribution in [3.05, 3.63) is 93.3 Å². The summed E-state index contributed by atoms with van der Waals surface area (Å²) in [5.74, 6) is -0.332. The third kappa shape index (κ3) is 13.3. The molecule has 430 valence electrons. The van der Waals surface area contributed by atoms with Crippen LogP contribution in [-0.4, -0.2) is 123 Å². The first-order valence-electron chi connectivity index (χ1n) is 25.7. The van der Waals surface area contributed by atoms with E-state index in [0.717, 1.165) is 12.1 Å². The summed E-state index contributed by atoms with van der Waals surface area (Å²) in [5.41, 5.74) is 0.109. The number of halogens is 6. The molecule has 0 atom stereocenters. The lowest BCUT2D eigenvalue weighted by Gasteiger charge is -2.36. The summed E-state index contributed by atoms with van der Waals surface area (Å²) in [4.78, 5) is 38.4. The number of aromatic nitrogens is 6. The second-order valence-electron chi connectivity index (χ2n) is 22.4. The minimum atomic E-state index is -4.53. The molecule has 0 spiro atoms. The molecule has 0 radical (unpaired) electrons. The zero-order chi connectivity index (χ0) is 58.2. The second-order valence-corrected chi connectivity index (χ2v) is 32.0. The fourth-order valence-electron chi connectivity index (χ4n) is 8.21. The van der Waals surface area contributed by atoms with Crippen LogP contribution in [0.25, 0.3) is 11.3 Å². The van der Waals surface area contributed by atoms with E-state index in [-0.39, 0.29) is 74.0 Å². The number of esters is 1. The van der Waals surface area contributed by atoms with Crippen LogP contribution < -0.4 is 20.4 Å². The fourth-order valence-corrected chi connectivity index (χ4v) is 10.1. The zero-order valence-corrected chi connectivity index (χ0v) is 48.8. The van der Waals surface area contributed by atoms with Gasteiger partial charge in [-0.2, -0.15) is 35.4 Å². The highest BCUT2D eigenvalue weighted by atomic mass is 28.4. The van der Waals surface area contributed by atoms with Crippen molar-refractivity contribution in [2.24, 2.45) is 0 Å². The number of carbonyl (C=O) groups excluding carboxylic acids is 1. The highest BCUT2D eigenvalue weighted by molar-refractivity contribution is 6.74. The number of carbonyl (C=O) groups is 2. The van der Waals surface area contributed by atoms with E-state index in [9.17, 15) is 41.0 Å². The fraction of sp³-hybridized carbons (Fsp3) is 0.509. The van der Waals surface area contributed by atoms with Gasteiger partial charge in [0.1, 0.15) is 22.5 Å². The molecule has 6 heterocycles. The summed E-state index contributed by atoms with van der Waals surface area (Å²) in [5, 5.41) is 25.5. The van der Waals surface area contributed by atoms with Gasteiger partial charge in [-0.15, -0.1) is 10.2 Å². The van der Waals surface area contributed by atoms with Crippen LogP contribution in [0.1, 0.15) is 95.9 Å². The van der Waals surface area contributed by atoms with Crippen LogP contribution in [-0.2, 0) is 48.6 Å². The molecule has 79 heavy (non-hydrogen) atoms. The molecule has 0 unspecified atom stereocenters. The third-order valence-corrected chi connectivity index (χ3v) is 24.1. The predicted octanol–water partition coefficient (Wildman–Crippen LogP) is 11.8. The number of carboxylic acid groups (broad SMARTS) is 1. The minimum absolute atomic E-state index is 0.000920. The maximum absolute atomic E-state index is 13.7. The highest BCUT2D eigenvalue weighted by Crippen LogP contribution is 2.42. The number of ether oxygens (including phenoxy) is 3. The van der Waals surface area contributed by atoms with Crippen LogP contribution in [0.2, 0.25) is 36.3 Å². The molecule has 18 nitrogen and oxygen atoms in total. The standard InChI is InChI=1S/C27H36F3N5O4Si.C26H34F3N5O4Si/c1-17-19(27(28,29)30)9-8-10-20(17)31-24-21(16-39-40(6,7)26(2,3)4)32-23-18(25(36)37-5)15-22(33-35(23)24)34-11-13-38-14-12-34;1-16-18(26(27,28)29)8-7-9-19(16)30-23-20(15-38-39(5,6)25(2,3)4)31-22-17(24(35)36)14-21(32-34(22)23)33-10-12-37-13-11-33/h8-10,15,31H,11-14,16H2,1-7H3;7-9,14,30H,10-13,15H2,1-6H3,(H,35,36). The molecular formula is C53H70F6N10O8Si2. The van der Waals surface area contributed by atoms with Crippen molar-refractivity contribution in [1.29, 1.82) is 0 Å². The number of imidazole rings is 2. The molecule has 4 aromatic heterocycles. The van der Waals surface area contributed by atoms with Gasteiger partial charge in [0.2, 0.25) is 0 Å². The predicted molar refractivity (Wildman–Crippen MR) is 293 cm³/mol. The zero-order valence-electron chi connectivity index (χ0n) is 46.8. The van der Waals surface area contributed by atoms with Crippen molar-refractivity contribution in [2.75, 3.05) is 80.1 Å². The quantitative estimate of drug-likeness (QED) is 0.0530. The van der Waals surface area contributed by atoms with Crippen molar-refractivity contribution in [2.45, 2.75) is 117 Å². The Kier molecular flexibility index (Phi) is 17.6. The van der Waals surface area contributed by atoms with E-state index in [4.69, 9.17) is 33.1 Å². The topological polar surface area (TPSA) is 191 Å². The van der Waals surface area contributed by atoms with Gasteiger partial charge in [0.25, 0.3) is 0 Å². The number of nitrogens with zero attached hydrogens (tertiary/aromatic N) is 8. The van der Waals surface area contributed by atoms with Crippen molar-refractivity contribution in [1.82, 2.24) is 29.2 Å². The maximum atomic E-state index is 13.7. The summed E-state index contributed by atoms with van der Waals surface area (Å²) in [6.45, 7) is 27.9. The van der Waals surface area contributed by atoms with Crippen molar-refractivity contribution in [3.8, 4) is 0 Å². The van der Waals surface area contributed by atoms with Crippen molar-refractivity contribution < 1.29 is 64.1 Å². The first kappa shape index (κ1) is 60.3. The summed E-state index contributed by atoms with van der Waals surface area (Å²) in [6.07, 6.45) is -9.05. The van der Waals surface area contributed by atoms with E-state index >= 15 is 0 Å². The number of rotatable bonds is 14. The number of nitrogens with one attached hydrogen (secondary N) is 2. The molecule has 2 aliphatic rings. The molecular weight excluding hydrogens is 1070 g/mol. The molecule has 2 fully saturated rings. The molecule has 0 saturated carbocycles. The average Bonchev–Trinajstić information content (AvgIpc) is 4.15. The van der Waals surface area contributed by atoms with Crippen LogP contribution in [0.3, 0.4) is 0 Å². The molecule has 6 aromatic rings. The number of hydrogen-bond donors (Lipinski definition) is 3. The summed E-state index contributed by atoms with van der Waals surface area (Å²) >= 11 is 0. The Morgan fingerprint density at radius 3 is 1.34 bits per heavy atom. The number of aromatic carboxylic acids is 1. The van der Waals surface area contributed by atoms with Crippen LogP contribution in [0, 0.1) is 13.8 Å². The van der Waals surface area contributed by atoms with Crippen LogP contribution in [0.5, 0.6) is 0 Å². The monoisotopic (exact) mass is 1140 g/mol. The lowest BCUT2D eigenvalue weighted by atomic mass is 10.1. The lowest BCUT2D eigenvalue weighted by Crippen LogP contribution is -2.40. The molecule has 2 aromatic carbocycles. The van der Waals surface area contributed by atoms with Gasteiger partial charge in [-0.1, -0.05) is 53.7 Å². The van der Waals surface area contributed by atoms with E-state index in [1.165, 1.54) is 54.3 Å². The van der Waals surface area contributed by atoms with Gasteiger partial charge >= 0.3 is 24.3 Å². The molecule has 2 aliphatic heterocycles. The Balaban J connectivity index is 0.000000229. The summed E-state index contributed by atoms with van der Waals surface area (Å²) in [6, 6.07) is 10.9. The van der Waals surface area contributed by atoms with E-state index in [2.05, 4.69) is 88.4 Å². The summed E-state index contributed by atoms with van der Waals surface area (Å²) < 4.78 is 114. The second kappa shape index (κ2) is 23.0. The Bertz CT molecular complexity index is 3200. The number of morpholine rings is 2. The first-order valence-corrected chi connectivity index (χ1v) is 31.5. The summed E-state index contributed by atoms with van der Waals surface area (Å²) in [7, 11) is -3.21. The van der Waals surface area contributed by atoms with Gasteiger partial charge in [-0.3, -0.25) is 0 Å². The SMILES string of the molecule is COC(=O)c1cc(N2CCOCC2)nn2c(Nc3cccc(C(F)(F)F)c3C)c(CO[Si](C)(C)C(C)(C)C)nc12.Cc1c(Nc2c(CO[Si](C)(C)C(C)(C)C)nc3c(C(=O)O)cc(N4CCOCC4)nn23)cccc1C(F)(F)F. The van der Waals surface area contributed by atoms with Crippen LogP contribution >= 0.6 is 0 Å². The average molecular weight is 1150 g/mol. The molecule has 26 heteroatoms. The maximum Gasteiger partial charge on any atom is 0.416 e. The third-order valence-electron chi connectivity index (χ3n) is 15.1. The number of benzene rings is 2. The van der Waals surface area contributed by atoms with Gasteiger partial charge in [0, 0.05) is 49.7 Å². The molecule has 2 saturated heterocycles. The van der Waals surface area contributed by atoms with Crippen molar-refractivity contribution in [3.63, 3.8) is 0 Å². The number of alkyl halides is 6. The molecule has 0 aliphatic carbocycles. The van der Waals surface area contributed by atoms with E-state index in [1.54, 1.807) is 12.1 Å². The van der Waals surface area contributed by atoms with Crippen molar-refractivity contribution >= 4 is 74.5 Å². The smallest absolute Gasteiger partial charge is 0.416 e. The number of carboxylic acids is 1. The Hall–Kier alpha value is -6.33. The van der Waals surface area contributed by atoms with Crippen LogP contribution in [0.15, 0.2) is 48.5 Å². The lowest BCUT2D eigenvalue weighted by molar-refractivity contribution is -0.138. The normalized spacial score (nSPS) is 15.1. The largest absolute Gasteiger partial charge is 0.478 e. The number of anilines is 6. The van der Waals surface area contributed by atoms with E-state index in [0.29, 0.717) is 81.4 Å². The van der Waals surface area contributed by atoms with Crippen LogP contribution in [0.4, 0.5) is 61.0 Å².